The standard InChI is InChI=1S/C27H23ClFN5O4S/c1-15(26(31)37)34(20-10-6-18(29)7-11-20)27-33-25(30)24(39-27)23(36)16-2-12-21(13-3-16)38-14-22(35)32-19-8-4-17(28)5-9-19/h2-13,15H,14,30H2,1H3,(H2,31,37)(H,32,35)/t15-/m1/s1. The number of nitrogen functional groups attached to an aromatic ring is 1. The van der Waals surface area contributed by atoms with Gasteiger partial charge < -0.3 is 26.4 Å². The minimum absolute atomic E-state index is 0.0250. The smallest absolute Gasteiger partial charge is 0.262 e. The van der Waals surface area contributed by atoms with E-state index in [-0.39, 0.29) is 28.3 Å². The number of ketones is 1. The van der Waals surface area contributed by atoms with Gasteiger partial charge in [-0.25, -0.2) is 9.37 Å². The fraction of sp³-hybridized carbons (Fsp3) is 0.111. The van der Waals surface area contributed by atoms with E-state index in [0.29, 0.717) is 27.7 Å². The van der Waals surface area contributed by atoms with Crippen LogP contribution in [0.1, 0.15) is 22.2 Å². The molecule has 3 aromatic carbocycles. The van der Waals surface area contributed by atoms with Crippen LogP contribution in [-0.2, 0) is 9.59 Å². The number of rotatable bonds is 10. The number of anilines is 4. The third-order valence-corrected chi connectivity index (χ3v) is 6.89. The first kappa shape index (κ1) is 27.6. The zero-order chi connectivity index (χ0) is 28.1. The molecule has 2 amide bonds. The molecule has 4 aromatic rings. The molecule has 200 valence electrons. The highest BCUT2D eigenvalue weighted by Crippen LogP contribution is 2.36. The van der Waals surface area contributed by atoms with Gasteiger partial charge in [-0.15, -0.1) is 0 Å². The van der Waals surface area contributed by atoms with Gasteiger partial charge in [0.2, 0.25) is 11.7 Å². The highest BCUT2D eigenvalue weighted by Gasteiger charge is 2.27. The second-order valence-corrected chi connectivity index (χ2v) is 9.75. The third-order valence-electron chi connectivity index (χ3n) is 5.57. The van der Waals surface area contributed by atoms with Crippen molar-refractivity contribution in [2.45, 2.75) is 13.0 Å². The maximum absolute atomic E-state index is 13.5. The van der Waals surface area contributed by atoms with Crippen LogP contribution in [0.4, 0.5) is 26.7 Å². The van der Waals surface area contributed by atoms with Gasteiger partial charge in [0.05, 0.1) is 0 Å². The average Bonchev–Trinajstić information content (AvgIpc) is 3.30. The molecule has 12 heteroatoms. The summed E-state index contributed by atoms with van der Waals surface area (Å²) in [6, 6.07) is 17.4. The normalized spacial score (nSPS) is 11.5. The molecule has 0 fully saturated rings. The number of benzene rings is 3. The number of halogens is 2. The fourth-order valence-electron chi connectivity index (χ4n) is 3.53. The van der Waals surface area contributed by atoms with Crippen LogP contribution in [0.25, 0.3) is 0 Å². The number of hydrogen-bond donors (Lipinski definition) is 3. The summed E-state index contributed by atoms with van der Waals surface area (Å²) in [5.41, 5.74) is 12.9. The summed E-state index contributed by atoms with van der Waals surface area (Å²) in [6.45, 7) is 1.33. The lowest BCUT2D eigenvalue weighted by Crippen LogP contribution is -2.39. The summed E-state index contributed by atoms with van der Waals surface area (Å²) in [5.74, 6) is -1.49. The number of nitrogens with two attached hydrogens (primary N) is 2. The van der Waals surface area contributed by atoms with Crippen LogP contribution in [0, 0.1) is 5.82 Å². The molecule has 0 saturated heterocycles. The Labute approximate surface area is 232 Å². The molecule has 9 nitrogen and oxygen atoms in total. The lowest BCUT2D eigenvalue weighted by molar-refractivity contribution is -0.119. The molecular formula is C27H23ClFN5O4S. The third kappa shape index (κ3) is 6.70. The Morgan fingerprint density at radius 1 is 1.05 bits per heavy atom. The van der Waals surface area contributed by atoms with Crippen LogP contribution in [0.2, 0.25) is 5.02 Å². The number of thiazole rings is 1. The monoisotopic (exact) mass is 567 g/mol. The van der Waals surface area contributed by atoms with Crippen molar-refractivity contribution in [1.29, 1.82) is 0 Å². The number of hydrogen-bond acceptors (Lipinski definition) is 8. The highest BCUT2D eigenvalue weighted by atomic mass is 35.5. The van der Waals surface area contributed by atoms with E-state index >= 15 is 0 Å². The number of aromatic nitrogens is 1. The first-order chi connectivity index (χ1) is 18.6. The Bertz CT molecular complexity index is 1490. The van der Waals surface area contributed by atoms with Crippen molar-refractivity contribution in [3.05, 3.63) is 94.1 Å². The first-order valence-corrected chi connectivity index (χ1v) is 12.7. The van der Waals surface area contributed by atoms with Crippen molar-refractivity contribution in [3.63, 3.8) is 0 Å². The zero-order valence-electron chi connectivity index (χ0n) is 20.6. The maximum Gasteiger partial charge on any atom is 0.262 e. The molecule has 1 atom stereocenters. The molecule has 5 N–H and O–H groups in total. The van der Waals surface area contributed by atoms with E-state index in [4.69, 9.17) is 27.8 Å². The molecule has 0 unspecified atom stereocenters. The van der Waals surface area contributed by atoms with Crippen molar-refractivity contribution in [2.75, 3.05) is 22.6 Å². The lowest BCUT2D eigenvalue weighted by Gasteiger charge is -2.26. The predicted octanol–water partition coefficient (Wildman–Crippen LogP) is 4.78. The van der Waals surface area contributed by atoms with Crippen LogP contribution >= 0.6 is 22.9 Å². The van der Waals surface area contributed by atoms with Crippen LogP contribution in [0.3, 0.4) is 0 Å². The van der Waals surface area contributed by atoms with E-state index < -0.39 is 23.5 Å². The fourth-order valence-corrected chi connectivity index (χ4v) is 4.70. The van der Waals surface area contributed by atoms with Gasteiger partial charge in [0.25, 0.3) is 5.91 Å². The Morgan fingerprint density at radius 2 is 1.69 bits per heavy atom. The van der Waals surface area contributed by atoms with Gasteiger partial charge in [-0.2, -0.15) is 0 Å². The molecule has 0 aliphatic heterocycles. The number of ether oxygens (including phenoxy) is 1. The Balaban J connectivity index is 1.46. The summed E-state index contributed by atoms with van der Waals surface area (Å²) >= 11 is 6.82. The molecule has 0 aliphatic rings. The van der Waals surface area contributed by atoms with Gasteiger partial charge >= 0.3 is 0 Å². The van der Waals surface area contributed by atoms with E-state index in [0.717, 1.165) is 11.3 Å². The summed E-state index contributed by atoms with van der Waals surface area (Å²) in [5, 5.41) is 3.50. The molecule has 1 heterocycles. The molecule has 0 radical (unpaired) electrons. The SMILES string of the molecule is C[C@H](C(N)=O)N(c1ccc(F)cc1)c1nc(N)c(C(=O)c2ccc(OCC(=O)Nc3ccc(Cl)cc3)cc2)s1. The number of carbonyl (C=O) groups excluding carboxylic acids is 3. The number of amides is 2. The average molecular weight is 568 g/mol. The van der Waals surface area contributed by atoms with Crippen molar-refractivity contribution in [1.82, 2.24) is 4.98 Å². The molecule has 0 spiro atoms. The van der Waals surface area contributed by atoms with Crippen molar-refractivity contribution < 1.29 is 23.5 Å². The van der Waals surface area contributed by atoms with Gasteiger partial charge in [0.15, 0.2) is 11.7 Å². The van der Waals surface area contributed by atoms with E-state index in [1.807, 2.05) is 0 Å². The van der Waals surface area contributed by atoms with Crippen LogP contribution in [0.5, 0.6) is 5.75 Å². The number of nitrogens with one attached hydrogen (secondary N) is 1. The van der Waals surface area contributed by atoms with Crippen LogP contribution in [-0.4, -0.2) is 35.2 Å². The van der Waals surface area contributed by atoms with E-state index in [1.165, 1.54) is 41.3 Å². The largest absolute Gasteiger partial charge is 0.484 e. The van der Waals surface area contributed by atoms with E-state index in [9.17, 15) is 18.8 Å². The number of carbonyl (C=O) groups is 3. The van der Waals surface area contributed by atoms with E-state index in [2.05, 4.69) is 10.3 Å². The molecule has 39 heavy (non-hydrogen) atoms. The van der Waals surface area contributed by atoms with Gasteiger partial charge in [-0.3, -0.25) is 14.4 Å². The van der Waals surface area contributed by atoms with Crippen molar-refractivity contribution in [2.24, 2.45) is 5.73 Å². The second-order valence-electron chi connectivity index (χ2n) is 8.33. The van der Waals surface area contributed by atoms with Crippen LogP contribution in [0.15, 0.2) is 72.8 Å². The summed E-state index contributed by atoms with van der Waals surface area (Å²) in [4.78, 5) is 43.3. The molecule has 1 aromatic heterocycles. The Morgan fingerprint density at radius 3 is 2.31 bits per heavy atom. The molecule has 0 aliphatic carbocycles. The first-order valence-electron chi connectivity index (χ1n) is 11.6. The van der Waals surface area contributed by atoms with Gasteiger partial charge in [0.1, 0.15) is 28.3 Å². The van der Waals surface area contributed by atoms with Crippen molar-refractivity contribution in [3.8, 4) is 5.75 Å². The molecule has 0 bridgehead atoms. The number of primary amides is 1. The topological polar surface area (TPSA) is 141 Å². The van der Waals surface area contributed by atoms with Gasteiger partial charge in [-0.05, 0) is 79.7 Å². The minimum Gasteiger partial charge on any atom is -0.484 e. The summed E-state index contributed by atoms with van der Waals surface area (Å²) in [6.07, 6.45) is 0. The lowest BCUT2D eigenvalue weighted by atomic mass is 10.1. The Hall–Kier alpha value is -4.48. The van der Waals surface area contributed by atoms with Gasteiger partial charge in [0, 0.05) is 22.0 Å². The maximum atomic E-state index is 13.5. The quantitative estimate of drug-likeness (QED) is 0.234. The summed E-state index contributed by atoms with van der Waals surface area (Å²) < 4.78 is 19.0. The second kappa shape index (κ2) is 11.9. The number of nitrogens with zero attached hydrogens (tertiary/aromatic N) is 2. The van der Waals surface area contributed by atoms with Crippen LogP contribution < -0.4 is 26.4 Å². The van der Waals surface area contributed by atoms with Crippen molar-refractivity contribution >= 4 is 62.9 Å². The molecular weight excluding hydrogens is 545 g/mol. The molecule has 4 rings (SSSR count). The molecule has 0 saturated carbocycles. The Kier molecular flexibility index (Phi) is 8.43. The van der Waals surface area contributed by atoms with Gasteiger partial charge in [-0.1, -0.05) is 22.9 Å². The predicted molar refractivity (Wildman–Crippen MR) is 149 cm³/mol. The van der Waals surface area contributed by atoms with E-state index in [1.54, 1.807) is 43.3 Å². The zero-order valence-corrected chi connectivity index (χ0v) is 22.1. The summed E-state index contributed by atoms with van der Waals surface area (Å²) in [7, 11) is 0. The highest BCUT2D eigenvalue weighted by molar-refractivity contribution is 7.18. The minimum atomic E-state index is -0.850.